The first-order valence-electron chi connectivity index (χ1n) is 6.25. The topological polar surface area (TPSA) is 46.0 Å². The smallest absolute Gasteiger partial charge is 0.143 e. The fourth-order valence-electron chi connectivity index (χ4n) is 2.54. The second kappa shape index (κ2) is 4.65. The van der Waals surface area contributed by atoms with Crippen molar-refractivity contribution in [1.29, 1.82) is 0 Å². The van der Waals surface area contributed by atoms with Gasteiger partial charge in [0.1, 0.15) is 10.7 Å². The molecule has 1 unspecified atom stereocenters. The third kappa shape index (κ3) is 2.47. The van der Waals surface area contributed by atoms with Crippen LogP contribution in [0, 0.1) is 5.41 Å². The molecule has 0 fully saturated rings. The summed E-state index contributed by atoms with van der Waals surface area (Å²) in [5.74, 6) is 0. The van der Waals surface area contributed by atoms with Gasteiger partial charge in [-0.2, -0.15) is 0 Å². The van der Waals surface area contributed by atoms with E-state index in [9.17, 15) is 5.11 Å². The van der Waals surface area contributed by atoms with Crippen LogP contribution in [-0.2, 0) is 6.42 Å². The van der Waals surface area contributed by atoms with Crippen molar-refractivity contribution in [3.63, 3.8) is 0 Å². The fraction of sp³-hybridized carbons (Fsp3) is 0.429. The Morgan fingerprint density at radius 1 is 1.47 bits per heavy atom. The van der Waals surface area contributed by atoms with Crippen molar-refractivity contribution < 1.29 is 5.11 Å². The highest BCUT2D eigenvalue weighted by Crippen LogP contribution is 2.45. The predicted molar refractivity (Wildman–Crippen MR) is 80.1 cm³/mol. The van der Waals surface area contributed by atoms with Gasteiger partial charge in [0.2, 0.25) is 0 Å². The molecule has 0 radical (unpaired) electrons. The number of hydrogen-bond donors (Lipinski definition) is 1. The number of nitrogens with zero attached hydrogens (tertiary/aromatic N) is 2. The first-order chi connectivity index (χ1) is 8.96. The lowest BCUT2D eigenvalue weighted by Gasteiger charge is -2.31. The molecule has 3 nitrogen and oxygen atoms in total. The summed E-state index contributed by atoms with van der Waals surface area (Å²) < 4.78 is 0.940. The maximum Gasteiger partial charge on any atom is 0.143 e. The zero-order valence-electron chi connectivity index (χ0n) is 10.9. The van der Waals surface area contributed by atoms with Gasteiger partial charge in [0.25, 0.3) is 0 Å². The molecular weight excluding hydrogens is 324 g/mol. The maximum atomic E-state index is 10.3. The highest BCUT2D eigenvalue weighted by Gasteiger charge is 2.34. The molecule has 19 heavy (non-hydrogen) atoms. The van der Waals surface area contributed by atoms with Crippen molar-refractivity contribution >= 4 is 27.3 Å². The normalized spacial score (nSPS) is 21.2. The van der Waals surface area contributed by atoms with E-state index in [4.69, 9.17) is 4.98 Å². The Bertz CT molecular complexity index is 624. The molecule has 1 N–H and O–H groups in total. The van der Waals surface area contributed by atoms with E-state index in [0.717, 1.165) is 38.6 Å². The Labute approximate surface area is 124 Å². The minimum Gasteiger partial charge on any atom is -0.387 e. The Kier molecular flexibility index (Phi) is 3.23. The molecule has 1 atom stereocenters. The number of rotatable bonds is 1. The van der Waals surface area contributed by atoms with Gasteiger partial charge in [0.05, 0.1) is 16.7 Å². The Hall–Kier alpha value is -0.780. The number of aromatic nitrogens is 2. The quantitative estimate of drug-likeness (QED) is 0.855. The fourth-order valence-corrected chi connectivity index (χ4v) is 4.19. The molecule has 2 aromatic heterocycles. The minimum atomic E-state index is -0.396. The predicted octanol–water partition coefficient (Wildman–Crippen LogP) is 3.97. The van der Waals surface area contributed by atoms with Crippen molar-refractivity contribution in [3.8, 4) is 10.7 Å². The molecule has 0 spiro atoms. The van der Waals surface area contributed by atoms with Crippen LogP contribution in [0.3, 0.4) is 0 Å². The Morgan fingerprint density at radius 3 is 3.00 bits per heavy atom. The van der Waals surface area contributed by atoms with Crippen molar-refractivity contribution in [2.24, 2.45) is 5.41 Å². The summed E-state index contributed by atoms with van der Waals surface area (Å²) in [6, 6.07) is 3.85. The van der Waals surface area contributed by atoms with E-state index >= 15 is 0 Å². The second-order valence-electron chi connectivity index (χ2n) is 5.72. The van der Waals surface area contributed by atoms with E-state index < -0.39 is 6.10 Å². The lowest BCUT2D eigenvalue weighted by molar-refractivity contribution is 0.102. The summed E-state index contributed by atoms with van der Waals surface area (Å²) in [6.45, 7) is 4.35. The highest BCUT2D eigenvalue weighted by atomic mass is 79.9. The van der Waals surface area contributed by atoms with E-state index in [1.54, 1.807) is 17.5 Å². The summed E-state index contributed by atoms with van der Waals surface area (Å²) in [5.41, 5.74) is 1.99. The average molecular weight is 339 g/mol. The number of fused-ring (bicyclic) bond motifs is 1. The van der Waals surface area contributed by atoms with Crippen LogP contribution in [0.25, 0.3) is 10.7 Å². The van der Waals surface area contributed by atoms with E-state index in [0.29, 0.717) is 0 Å². The number of aliphatic hydroxyl groups is 1. The van der Waals surface area contributed by atoms with Gasteiger partial charge >= 0.3 is 0 Å². The number of hydrogen-bond acceptors (Lipinski definition) is 4. The van der Waals surface area contributed by atoms with Gasteiger partial charge in [-0.15, -0.1) is 11.3 Å². The average Bonchev–Trinajstić information content (AvgIpc) is 2.71. The van der Waals surface area contributed by atoms with Crippen molar-refractivity contribution in [3.05, 3.63) is 33.4 Å². The van der Waals surface area contributed by atoms with Gasteiger partial charge in [0, 0.05) is 10.7 Å². The van der Waals surface area contributed by atoms with Crippen molar-refractivity contribution in [2.75, 3.05) is 0 Å². The summed E-state index contributed by atoms with van der Waals surface area (Å²) in [5, 5.41) is 11.1. The molecule has 1 aliphatic carbocycles. The van der Waals surface area contributed by atoms with Crippen LogP contribution in [0.15, 0.2) is 22.8 Å². The van der Waals surface area contributed by atoms with E-state index in [-0.39, 0.29) is 5.41 Å². The second-order valence-corrected chi connectivity index (χ2v) is 7.61. The third-order valence-corrected chi connectivity index (χ3v) is 5.23. The molecule has 3 rings (SSSR count). The molecule has 100 valence electrons. The Balaban J connectivity index is 2.07. The van der Waals surface area contributed by atoms with Gasteiger partial charge in [-0.1, -0.05) is 13.8 Å². The molecule has 0 aliphatic heterocycles. The minimum absolute atomic E-state index is 0.110. The summed E-state index contributed by atoms with van der Waals surface area (Å²) in [6.07, 6.45) is 3.08. The molecule has 1 aliphatic rings. The molecule has 2 heterocycles. The summed E-state index contributed by atoms with van der Waals surface area (Å²) in [4.78, 5) is 10.1. The number of aliphatic hydroxyl groups excluding tert-OH is 1. The summed E-state index contributed by atoms with van der Waals surface area (Å²) >= 11 is 5.06. The summed E-state index contributed by atoms with van der Waals surface area (Å²) in [7, 11) is 0. The van der Waals surface area contributed by atoms with Gasteiger partial charge in [-0.3, -0.25) is 4.98 Å². The van der Waals surface area contributed by atoms with Crippen LogP contribution in [-0.4, -0.2) is 15.1 Å². The lowest BCUT2D eigenvalue weighted by Crippen LogP contribution is -2.24. The monoisotopic (exact) mass is 338 g/mol. The largest absolute Gasteiger partial charge is 0.387 e. The highest BCUT2D eigenvalue weighted by molar-refractivity contribution is 9.10. The van der Waals surface area contributed by atoms with Gasteiger partial charge in [-0.05, 0) is 46.3 Å². The lowest BCUT2D eigenvalue weighted by atomic mass is 9.77. The third-order valence-electron chi connectivity index (χ3n) is 3.38. The van der Waals surface area contributed by atoms with Crippen LogP contribution >= 0.6 is 27.3 Å². The maximum absolute atomic E-state index is 10.3. The standard InChI is InChI=1S/C14H15BrN2OS/c1-14(2)6-9-12(10(18)7-14)19-13(17-9)11-8(15)4-3-5-16-11/h3-5,10,18H,6-7H2,1-2H3. The van der Waals surface area contributed by atoms with Gasteiger partial charge in [0.15, 0.2) is 0 Å². The van der Waals surface area contributed by atoms with Crippen LogP contribution in [0.2, 0.25) is 0 Å². The first-order valence-corrected chi connectivity index (χ1v) is 7.86. The van der Waals surface area contributed by atoms with Gasteiger partial charge in [-0.25, -0.2) is 4.98 Å². The molecular formula is C14H15BrN2OS. The molecule has 0 saturated carbocycles. The molecule has 0 saturated heterocycles. The Morgan fingerprint density at radius 2 is 2.26 bits per heavy atom. The molecule has 0 amide bonds. The van der Waals surface area contributed by atoms with Crippen LogP contribution in [0.4, 0.5) is 0 Å². The van der Waals surface area contributed by atoms with Crippen molar-refractivity contribution in [2.45, 2.75) is 32.8 Å². The zero-order chi connectivity index (χ0) is 13.6. The zero-order valence-corrected chi connectivity index (χ0v) is 13.3. The molecule has 2 aromatic rings. The first kappa shape index (κ1) is 13.2. The van der Waals surface area contributed by atoms with E-state index in [1.165, 1.54) is 0 Å². The van der Waals surface area contributed by atoms with Crippen LogP contribution in [0.1, 0.15) is 36.9 Å². The van der Waals surface area contributed by atoms with E-state index in [2.05, 4.69) is 34.8 Å². The van der Waals surface area contributed by atoms with Crippen molar-refractivity contribution in [1.82, 2.24) is 9.97 Å². The van der Waals surface area contributed by atoms with E-state index in [1.807, 2.05) is 12.1 Å². The molecule has 0 aromatic carbocycles. The number of halogens is 1. The van der Waals surface area contributed by atoms with Crippen LogP contribution < -0.4 is 0 Å². The van der Waals surface area contributed by atoms with Gasteiger partial charge < -0.3 is 5.11 Å². The number of pyridine rings is 1. The molecule has 5 heteroatoms. The van der Waals surface area contributed by atoms with Crippen LogP contribution in [0.5, 0.6) is 0 Å². The molecule has 0 bridgehead atoms. The number of thiazole rings is 1. The SMILES string of the molecule is CC1(C)Cc2nc(-c3ncccc3Br)sc2C(O)C1.